The molecule has 2 aromatic rings. The van der Waals surface area contributed by atoms with E-state index in [-0.39, 0.29) is 18.3 Å². The molecule has 1 amide bonds. The third kappa shape index (κ3) is 5.34. The lowest BCUT2D eigenvalue weighted by Crippen LogP contribution is -2.30. The van der Waals surface area contributed by atoms with E-state index in [2.05, 4.69) is 21.2 Å². The van der Waals surface area contributed by atoms with E-state index in [0.717, 1.165) is 10.9 Å². The number of halogens is 3. The highest BCUT2D eigenvalue weighted by Gasteiger charge is 2.16. The van der Waals surface area contributed by atoms with Gasteiger partial charge in [0, 0.05) is 35.1 Å². The number of rotatable bonds is 5. The second-order valence-electron chi connectivity index (χ2n) is 6.29. The zero-order valence-corrected chi connectivity index (χ0v) is 17.1. The Morgan fingerprint density at radius 1 is 1.26 bits per heavy atom. The molecule has 0 aromatic heterocycles. The van der Waals surface area contributed by atoms with Gasteiger partial charge in [-0.25, -0.2) is 4.39 Å². The van der Waals surface area contributed by atoms with Crippen LogP contribution >= 0.6 is 27.5 Å². The van der Waals surface area contributed by atoms with E-state index < -0.39 is 0 Å². The van der Waals surface area contributed by atoms with Crippen molar-refractivity contribution in [3.8, 4) is 11.5 Å². The molecule has 0 fully saturated rings. The van der Waals surface area contributed by atoms with Crippen molar-refractivity contribution in [1.29, 1.82) is 0 Å². The molecule has 0 unspecified atom stereocenters. The number of likely N-dealkylation sites (N-methyl/N-ethyl adjacent to an activating group) is 1. The van der Waals surface area contributed by atoms with Crippen LogP contribution in [0.25, 0.3) is 0 Å². The Bertz CT molecular complexity index is 850. The first kappa shape index (κ1) is 19.9. The minimum absolute atomic E-state index is 0.0801. The predicted octanol–water partition coefficient (Wildman–Crippen LogP) is 4.47. The highest BCUT2D eigenvalue weighted by Crippen LogP contribution is 2.37. The number of amides is 1. The summed E-state index contributed by atoms with van der Waals surface area (Å²) in [7, 11) is 1.75. The first-order chi connectivity index (χ1) is 12.9. The highest BCUT2D eigenvalue weighted by molar-refractivity contribution is 9.10. The van der Waals surface area contributed by atoms with Gasteiger partial charge in [0.25, 0.3) is 0 Å². The Labute approximate surface area is 170 Å². The van der Waals surface area contributed by atoms with Crippen LogP contribution in [-0.2, 0) is 11.3 Å². The lowest BCUT2D eigenvalue weighted by atomic mass is 10.2. The molecule has 0 bridgehead atoms. The number of carbonyl (C=O) groups is 1. The van der Waals surface area contributed by atoms with Gasteiger partial charge in [-0.3, -0.25) is 9.69 Å². The fraction of sp³-hybridized carbons (Fsp3) is 0.316. The predicted molar refractivity (Wildman–Crippen MR) is 106 cm³/mol. The second-order valence-corrected chi connectivity index (χ2v) is 7.61. The van der Waals surface area contributed by atoms with Gasteiger partial charge in [-0.1, -0.05) is 27.5 Å². The summed E-state index contributed by atoms with van der Waals surface area (Å²) in [5.41, 5.74) is 0.959. The molecular weight excluding hydrogens is 439 g/mol. The fourth-order valence-corrected chi connectivity index (χ4v) is 3.34. The van der Waals surface area contributed by atoms with Crippen LogP contribution in [0.2, 0.25) is 5.02 Å². The lowest BCUT2D eigenvalue weighted by molar-refractivity contribution is -0.117. The normalized spacial score (nSPS) is 13.4. The largest absolute Gasteiger partial charge is 0.490 e. The monoisotopic (exact) mass is 456 g/mol. The number of anilines is 1. The van der Waals surface area contributed by atoms with E-state index in [1.54, 1.807) is 36.2 Å². The Hall–Kier alpha value is -1.83. The molecule has 27 heavy (non-hydrogen) atoms. The van der Waals surface area contributed by atoms with Gasteiger partial charge in [0.15, 0.2) is 11.5 Å². The van der Waals surface area contributed by atoms with Gasteiger partial charge in [0.05, 0.1) is 30.5 Å². The number of hydrogen-bond acceptors (Lipinski definition) is 4. The number of ether oxygens (including phenoxy) is 2. The van der Waals surface area contributed by atoms with Crippen molar-refractivity contribution in [2.24, 2.45) is 0 Å². The maximum Gasteiger partial charge on any atom is 0.238 e. The van der Waals surface area contributed by atoms with Crippen molar-refractivity contribution in [2.45, 2.75) is 13.0 Å². The average Bonchev–Trinajstić information content (AvgIpc) is 2.83. The molecule has 1 N–H and O–H groups in total. The molecule has 0 saturated heterocycles. The van der Waals surface area contributed by atoms with Crippen molar-refractivity contribution < 1.29 is 18.7 Å². The number of fused-ring (bicyclic) bond motifs is 1. The number of carbonyl (C=O) groups excluding carboxylic acids is 1. The highest BCUT2D eigenvalue weighted by atomic mass is 79.9. The zero-order valence-electron chi connectivity index (χ0n) is 14.7. The van der Waals surface area contributed by atoms with Gasteiger partial charge in [-0.15, -0.1) is 0 Å². The lowest BCUT2D eigenvalue weighted by Gasteiger charge is -2.18. The number of hydrogen-bond donors (Lipinski definition) is 1. The van der Waals surface area contributed by atoms with E-state index in [4.69, 9.17) is 21.1 Å². The first-order valence-electron chi connectivity index (χ1n) is 8.44. The van der Waals surface area contributed by atoms with Gasteiger partial charge in [-0.05, 0) is 25.2 Å². The summed E-state index contributed by atoms with van der Waals surface area (Å²) < 4.78 is 25.8. The number of nitrogens with one attached hydrogen (secondary N) is 1. The van der Waals surface area contributed by atoms with E-state index in [0.29, 0.717) is 47.5 Å². The van der Waals surface area contributed by atoms with Crippen LogP contribution < -0.4 is 14.8 Å². The second kappa shape index (κ2) is 8.91. The molecule has 1 aliphatic rings. The van der Waals surface area contributed by atoms with Crippen LogP contribution in [0.5, 0.6) is 11.5 Å². The zero-order chi connectivity index (χ0) is 19.4. The minimum Gasteiger partial charge on any atom is -0.490 e. The molecule has 5 nitrogen and oxygen atoms in total. The molecule has 0 aliphatic carbocycles. The van der Waals surface area contributed by atoms with Crippen molar-refractivity contribution >= 4 is 39.1 Å². The standard InChI is InChI=1S/C19H19BrClFN2O3/c1-24(10-12-7-13(20)3-4-15(12)22)11-19(25)23-16-9-18-17(8-14(16)21)26-5-2-6-27-18/h3-4,7-9H,2,5-6,10-11H2,1H3,(H,23,25). The van der Waals surface area contributed by atoms with Crippen LogP contribution in [0.3, 0.4) is 0 Å². The van der Waals surface area contributed by atoms with Crippen molar-refractivity contribution in [3.63, 3.8) is 0 Å². The van der Waals surface area contributed by atoms with Gasteiger partial charge in [0.1, 0.15) is 5.82 Å². The van der Waals surface area contributed by atoms with Gasteiger partial charge >= 0.3 is 0 Å². The van der Waals surface area contributed by atoms with Crippen LogP contribution in [0.15, 0.2) is 34.8 Å². The Kier molecular flexibility index (Phi) is 6.57. The summed E-state index contributed by atoms with van der Waals surface area (Å²) in [6.45, 7) is 1.49. The Balaban J connectivity index is 1.63. The van der Waals surface area contributed by atoms with E-state index in [9.17, 15) is 9.18 Å². The van der Waals surface area contributed by atoms with Gasteiger partial charge in [0.2, 0.25) is 5.91 Å². The third-order valence-electron chi connectivity index (χ3n) is 3.97. The van der Waals surface area contributed by atoms with Crippen molar-refractivity contribution in [1.82, 2.24) is 4.90 Å². The van der Waals surface area contributed by atoms with Crippen molar-refractivity contribution in [2.75, 3.05) is 32.1 Å². The van der Waals surface area contributed by atoms with Crippen molar-refractivity contribution in [3.05, 3.63) is 51.2 Å². The smallest absolute Gasteiger partial charge is 0.238 e. The van der Waals surface area contributed by atoms with Crippen LogP contribution in [-0.4, -0.2) is 37.6 Å². The molecule has 0 atom stereocenters. The van der Waals surface area contributed by atoms with E-state index >= 15 is 0 Å². The topological polar surface area (TPSA) is 50.8 Å². The summed E-state index contributed by atoms with van der Waals surface area (Å²) in [5.74, 6) is 0.551. The molecule has 2 aromatic carbocycles. The first-order valence-corrected chi connectivity index (χ1v) is 9.61. The maximum absolute atomic E-state index is 13.9. The van der Waals surface area contributed by atoms with Crippen LogP contribution in [0.1, 0.15) is 12.0 Å². The summed E-state index contributed by atoms with van der Waals surface area (Å²) in [4.78, 5) is 14.1. The SMILES string of the molecule is CN(CC(=O)Nc1cc2c(cc1Cl)OCCCO2)Cc1cc(Br)ccc1F. The fourth-order valence-electron chi connectivity index (χ4n) is 2.73. The maximum atomic E-state index is 13.9. The molecule has 0 saturated carbocycles. The minimum atomic E-state index is -0.309. The van der Waals surface area contributed by atoms with Crippen LogP contribution in [0.4, 0.5) is 10.1 Å². The van der Waals surface area contributed by atoms with Gasteiger partial charge in [-0.2, -0.15) is 0 Å². The van der Waals surface area contributed by atoms with E-state index in [1.807, 2.05) is 0 Å². The van der Waals surface area contributed by atoms with Crippen LogP contribution in [0, 0.1) is 5.82 Å². The molecule has 0 radical (unpaired) electrons. The molecule has 1 heterocycles. The summed E-state index contributed by atoms with van der Waals surface area (Å²) in [6.07, 6.45) is 0.783. The van der Waals surface area contributed by atoms with Gasteiger partial charge < -0.3 is 14.8 Å². The molecule has 8 heteroatoms. The Morgan fingerprint density at radius 3 is 2.70 bits per heavy atom. The molecule has 3 rings (SSSR count). The molecule has 1 aliphatic heterocycles. The molecule has 0 spiro atoms. The summed E-state index contributed by atoms with van der Waals surface area (Å²) in [5, 5.41) is 3.14. The molecular formula is C19H19BrClFN2O3. The average molecular weight is 458 g/mol. The number of benzene rings is 2. The molecule has 144 valence electrons. The Morgan fingerprint density at radius 2 is 1.96 bits per heavy atom. The quantitative estimate of drug-likeness (QED) is 0.720. The summed E-state index contributed by atoms with van der Waals surface area (Å²) in [6, 6.07) is 8.03. The van der Waals surface area contributed by atoms with E-state index in [1.165, 1.54) is 6.07 Å². The summed E-state index contributed by atoms with van der Waals surface area (Å²) >= 11 is 9.57. The number of nitrogens with zero attached hydrogens (tertiary/aromatic N) is 1. The third-order valence-corrected chi connectivity index (χ3v) is 4.78.